The molecule has 11 heteroatoms. The molecule has 0 saturated carbocycles. The molecule has 0 aliphatic heterocycles. The van der Waals surface area contributed by atoms with Crippen molar-refractivity contribution in [3.63, 3.8) is 0 Å². The SMILES string of the molecule is CC(C)(C)OC(=O)NCCCC[C@H](NC(=O)OC(C)(C)C)C(=O)Nc1ccc(-c2nc3ccccc3s2)cc1Cl. The number of carbonyl (C=O) groups is 3. The van der Waals surface area contributed by atoms with Crippen molar-refractivity contribution >= 4 is 56.9 Å². The maximum Gasteiger partial charge on any atom is 0.408 e. The monoisotopic (exact) mass is 588 g/mol. The third-order valence-corrected chi connectivity index (χ3v) is 6.76. The Labute approximate surface area is 244 Å². The zero-order valence-corrected chi connectivity index (χ0v) is 25.3. The lowest BCUT2D eigenvalue weighted by molar-refractivity contribution is -0.118. The zero-order chi connectivity index (χ0) is 29.5. The van der Waals surface area contributed by atoms with Gasteiger partial charge in [-0.15, -0.1) is 11.3 Å². The summed E-state index contributed by atoms with van der Waals surface area (Å²) < 4.78 is 11.7. The van der Waals surface area contributed by atoms with Crippen LogP contribution in [0.1, 0.15) is 60.8 Å². The Hall–Kier alpha value is -3.37. The number of hydrogen-bond donors (Lipinski definition) is 3. The molecule has 40 heavy (non-hydrogen) atoms. The van der Waals surface area contributed by atoms with Crippen LogP contribution >= 0.6 is 22.9 Å². The lowest BCUT2D eigenvalue weighted by Crippen LogP contribution is -2.45. The third kappa shape index (κ3) is 9.98. The highest BCUT2D eigenvalue weighted by molar-refractivity contribution is 7.21. The molecule has 9 nitrogen and oxygen atoms in total. The fourth-order valence-electron chi connectivity index (χ4n) is 3.66. The van der Waals surface area contributed by atoms with E-state index >= 15 is 0 Å². The molecule has 0 saturated heterocycles. The maximum absolute atomic E-state index is 13.2. The quantitative estimate of drug-likeness (QED) is 0.229. The lowest BCUT2D eigenvalue weighted by atomic mass is 10.1. The van der Waals surface area contributed by atoms with Crippen molar-refractivity contribution in [2.45, 2.75) is 78.0 Å². The summed E-state index contributed by atoms with van der Waals surface area (Å²) in [5.41, 5.74) is 0.860. The number of aromatic nitrogens is 1. The number of para-hydroxylation sites is 1. The van der Waals surface area contributed by atoms with Gasteiger partial charge in [0.1, 0.15) is 22.3 Å². The lowest BCUT2D eigenvalue weighted by Gasteiger charge is -2.23. The number of ether oxygens (including phenoxy) is 2. The van der Waals surface area contributed by atoms with E-state index in [1.54, 1.807) is 65.0 Å². The molecule has 2 aromatic carbocycles. The molecule has 216 valence electrons. The van der Waals surface area contributed by atoms with E-state index in [4.69, 9.17) is 21.1 Å². The first kappa shape index (κ1) is 31.2. The largest absolute Gasteiger partial charge is 0.444 e. The van der Waals surface area contributed by atoms with Crippen molar-refractivity contribution in [3.05, 3.63) is 47.5 Å². The van der Waals surface area contributed by atoms with Crippen LogP contribution in [0.3, 0.4) is 0 Å². The number of unbranched alkanes of at least 4 members (excludes halogenated alkanes) is 1. The minimum absolute atomic E-state index is 0.322. The van der Waals surface area contributed by atoms with Crippen LogP contribution in [0.4, 0.5) is 15.3 Å². The summed E-state index contributed by atoms with van der Waals surface area (Å²) in [5, 5.41) is 9.35. The van der Waals surface area contributed by atoms with E-state index < -0.39 is 35.3 Å². The highest BCUT2D eigenvalue weighted by Gasteiger charge is 2.25. The first-order valence-corrected chi connectivity index (χ1v) is 14.3. The highest BCUT2D eigenvalue weighted by atomic mass is 35.5. The Morgan fingerprint density at radius 2 is 1.62 bits per heavy atom. The summed E-state index contributed by atoms with van der Waals surface area (Å²) in [7, 11) is 0. The second kappa shape index (κ2) is 13.3. The van der Waals surface area contributed by atoms with Gasteiger partial charge in [0.25, 0.3) is 0 Å². The summed E-state index contributed by atoms with van der Waals surface area (Å²) in [5.74, 6) is -0.430. The third-order valence-electron chi connectivity index (χ3n) is 5.36. The van der Waals surface area contributed by atoms with Gasteiger partial charge in [-0.2, -0.15) is 0 Å². The molecule has 3 N–H and O–H groups in total. The number of benzene rings is 2. The molecule has 0 bridgehead atoms. The van der Waals surface area contributed by atoms with Gasteiger partial charge in [-0.25, -0.2) is 14.6 Å². The maximum atomic E-state index is 13.2. The molecule has 3 rings (SSSR count). The molecular weight excluding hydrogens is 552 g/mol. The summed E-state index contributed by atoms with van der Waals surface area (Å²) in [6, 6.07) is 12.3. The second-order valence-electron chi connectivity index (χ2n) is 11.3. The van der Waals surface area contributed by atoms with E-state index in [1.807, 2.05) is 30.3 Å². The van der Waals surface area contributed by atoms with Crippen molar-refractivity contribution in [2.24, 2.45) is 0 Å². The predicted molar refractivity (Wildman–Crippen MR) is 160 cm³/mol. The number of nitrogens with one attached hydrogen (secondary N) is 3. The molecule has 1 atom stereocenters. The smallest absolute Gasteiger partial charge is 0.408 e. The summed E-state index contributed by atoms with van der Waals surface area (Å²) in [6.45, 7) is 11.0. The van der Waals surface area contributed by atoms with Crippen molar-refractivity contribution in [3.8, 4) is 10.6 Å². The summed E-state index contributed by atoms with van der Waals surface area (Å²) >= 11 is 8.10. The normalized spacial score (nSPS) is 12.5. The van der Waals surface area contributed by atoms with Crippen LogP contribution in [0.15, 0.2) is 42.5 Å². The average Bonchev–Trinajstić information content (AvgIpc) is 3.26. The van der Waals surface area contributed by atoms with Crippen LogP contribution < -0.4 is 16.0 Å². The number of nitrogens with zero attached hydrogens (tertiary/aromatic N) is 1. The van der Waals surface area contributed by atoms with Crippen LogP contribution in [-0.4, -0.2) is 46.9 Å². The number of amides is 3. The Kier molecular flexibility index (Phi) is 10.4. The van der Waals surface area contributed by atoms with Gasteiger partial charge in [0.05, 0.1) is 20.9 Å². The van der Waals surface area contributed by atoms with Crippen molar-refractivity contribution in [1.82, 2.24) is 15.6 Å². The average molecular weight is 589 g/mol. The Bertz CT molecular complexity index is 1310. The Morgan fingerprint density at radius 1 is 0.950 bits per heavy atom. The van der Waals surface area contributed by atoms with Crippen molar-refractivity contribution < 1.29 is 23.9 Å². The Balaban J connectivity index is 1.64. The number of thiazole rings is 1. The van der Waals surface area contributed by atoms with Gasteiger partial charge in [-0.05, 0) is 91.1 Å². The van der Waals surface area contributed by atoms with Gasteiger partial charge in [0.15, 0.2) is 0 Å². The molecule has 3 aromatic rings. The van der Waals surface area contributed by atoms with Gasteiger partial charge >= 0.3 is 12.2 Å². The van der Waals surface area contributed by atoms with Crippen LogP contribution in [-0.2, 0) is 14.3 Å². The molecule has 1 heterocycles. The van der Waals surface area contributed by atoms with E-state index in [0.29, 0.717) is 36.5 Å². The van der Waals surface area contributed by atoms with Gasteiger partial charge in [-0.3, -0.25) is 4.79 Å². The number of halogens is 1. The standard InChI is InChI=1S/C29H37ClN4O5S/c1-28(2,3)38-26(36)31-16-10-9-12-22(34-27(37)39-29(4,5)6)24(35)32-20-15-14-18(17-19(20)30)25-33-21-11-7-8-13-23(21)40-25/h7-8,11,13-15,17,22H,9-10,12,16H2,1-6H3,(H,31,36)(H,32,35)(H,34,37)/t22-/m0/s1. The number of fused-ring (bicyclic) bond motifs is 1. The van der Waals surface area contributed by atoms with Gasteiger partial charge in [-0.1, -0.05) is 23.7 Å². The van der Waals surface area contributed by atoms with Crippen LogP contribution in [0.25, 0.3) is 20.8 Å². The van der Waals surface area contributed by atoms with Gasteiger partial charge < -0.3 is 25.4 Å². The molecule has 1 aromatic heterocycles. The molecule has 3 amide bonds. The van der Waals surface area contributed by atoms with Gasteiger partial charge in [0.2, 0.25) is 5.91 Å². The van der Waals surface area contributed by atoms with E-state index in [0.717, 1.165) is 20.8 Å². The number of hydrogen-bond acceptors (Lipinski definition) is 7. The van der Waals surface area contributed by atoms with Gasteiger partial charge in [0, 0.05) is 12.1 Å². The predicted octanol–water partition coefficient (Wildman–Crippen LogP) is 7.14. The van der Waals surface area contributed by atoms with Crippen LogP contribution in [0.5, 0.6) is 0 Å². The Morgan fingerprint density at radius 3 is 2.27 bits per heavy atom. The molecule has 0 unspecified atom stereocenters. The second-order valence-corrected chi connectivity index (χ2v) is 12.7. The topological polar surface area (TPSA) is 119 Å². The van der Waals surface area contributed by atoms with E-state index in [2.05, 4.69) is 20.9 Å². The summed E-state index contributed by atoms with van der Waals surface area (Å²) in [4.78, 5) is 42.2. The number of alkyl carbamates (subject to hydrolysis) is 2. The zero-order valence-electron chi connectivity index (χ0n) is 23.7. The molecule has 0 radical (unpaired) electrons. The van der Waals surface area contributed by atoms with E-state index in [-0.39, 0.29) is 0 Å². The molecule has 0 aliphatic rings. The van der Waals surface area contributed by atoms with Crippen molar-refractivity contribution in [2.75, 3.05) is 11.9 Å². The molecular formula is C29H37ClN4O5S. The molecule has 0 aliphatic carbocycles. The minimum Gasteiger partial charge on any atom is -0.444 e. The number of rotatable bonds is 9. The molecule has 0 fully saturated rings. The fourth-order valence-corrected chi connectivity index (χ4v) is 4.85. The number of anilines is 1. The first-order valence-electron chi connectivity index (χ1n) is 13.1. The van der Waals surface area contributed by atoms with E-state index in [9.17, 15) is 14.4 Å². The van der Waals surface area contributed by atoms with Crippen molar-refractivity contribution in [1.29, 1.82) is 0 Å². The minimum atomic E-state index is -0.878. The first-order chi connectivity index (χ1) is 18.7. The summed E-state index contributed by atoms with van der Waals surface area (Å²) in [6.07, 6.45) is 0.252. The van der Waals surface area contributed by atoms with E-state index in [1.165, 1.54) is 0 Å². The fraction of sp³-hybridized carbons (Fsp3) is 0.448. The highest BCUT2D eigenvalue weighted by Crippen LogP contribution is 2.33. The molecule has 0 spiro atoms. The number of carbonyl (C=O) groups excluding carboxylic acids is 3. The van der Waals surface area contributed by atoms with Crippen LogP contribution in [0.2, 0.25) is 5.02 Å². The van der Waals surface area contributed by atoms with Crippen LogP contribution in [0, 0.1) is 0 Å².